The van der Waals surface area contributed by atoms with Gasteiger partial charge in [-0.15, -0.1) is 0 Å². The van der Waals surface area contributed by atoms with Crippen LogP contribution in [-0.2, 0) is 9.59 Å². The molecule has 0 fully saturated rings. The molecular weight excluding hydrogens is 200 g/mol. The van der Waals surface area contributed by atoms with Crippen LogP contribution in [0, 0.1) is 0 Å². The maximum Gasteiger partial charge on any atom is 0.332 e. The van der Waals surface area contributed by atoms with E-state index in [0.29, 0.717) is 6.42 Å². The third-order valence-corrected chi connectivity index (χ3v) is 1.94. The minimum absolute atomic E-state index is 0.0140. The van der Waals surface area contributed by atoms with E-state index in [9.17, 15) is 9.59 Å². The highest BCUT2D eigenvalue weighted by Gasteiger charge is 2.15. The van der Waals surface area contributed by atoms with E-state index in [0.717, 1.165) is 6.42 Å². The number of carboxylic acid groups (broad SMARTS) is 1. The van der Waals surface area contributed by atoms with Gasteiger partial charge in [-0.25, -0.2) is 4.79 Å². The van der Waals surface area contributed by atoms with Crippen molar-refractivity contribution in [2.45, 2.75) is 38.3 Å². The number of carboxylic acids is 1. The van der Waals surface area contributed by atoms with Gasteiger partial charge < -0.3 is 21.3 Å². The molecule has 0 aliphatic rings. The second-order valence-corrected chi connectivity index (χ2v) is 3.33. The molecule has 0 aliphatic carbocycles. The van der Waals surface area contributed by atoms with E-state index in [1.807, 2.05) is 6.92 Å². The van der Waals surface area contributed by atoms with E-state index >= 15 is 0 Å². The van der Waals surface area contributed by atoms with E-state index < -0.39 is 18.1 Å². The Kier molecular flexibility index (Phi) is 6.64. The highest BCUT2D eigenvalue weighted by molar-refractivity contribution is 5.81. The van der Waals surface area contributed by atoms with E-state index in [-0.39, 0.29) is 18.9 Å². The van der Waals surface area contributed by atoms with Crippen LogP contribution in [0.15, 0.2) is 0 Å². The molecule has 2 atom stereocenters. The van der Waals surface area contributed by atoms with Crippen LogP contribution in [0.2, 0.25) is 0 Å². The quantitative estimate of drug-likeness (QED) is 0.441. The number of nitrogens with two attached hydrogens (primary N) is 1. The maximum atomic E-state index is 11.2. The molecule has 15 heavy (non-hydrogen) atoms. The topological polar surface area (TPSA) is 113 Å². The summed E-state index contributed by atoms with van der Waals surface area (Å²) in [6.07, 6.45) is -0.0488. The highest BCUT2D eigenvalue weighted by Crippen LogP contribution is 1.94. The summed E-state index contributed by atoms with van der Waals surface area (Å²) in [5.41, 5.74) is 5.51. The van der Waals surface area contributed by atoms with E-state index in [1.54, 1.807) is 0 Å². The Morgan fingerprint density at radius 3 is 2.47 bits per heavy atom. The number of aliphatic hydroxyl groups excluding tert-OH is 1. The average Bonchev–Trinajstić information content (AvgIpc) is 2.17. The third-order valence-electron chi connectivity index (χ3n) is 1.94. The van der Waals surface area contributed by atoms with Crippen molar-refractivity contribution in [3.8, 4) is 0 Å². The molecule has 6 heteroatoms. The average molecular weight is 218 g/mol. The van der Waals surface area contributed by atoms with Crippen molar-refractivity contribution in [2.75, 3.05) is 6.54 Å². The van der Waals surface area contributed by atoms with Crippen LogP contribution in [0.4, 0.5) is 0 Å². The zero-order valence-electron chi connectivity index (χ0n) is 8.77. The Balaban J connectivity index is 3.67. The molecule has 6 nitrogen and oxygen atoms in total. The minimum atomic E-state index is -1.44. The van der Waals surface area contributed by atoms with Crippen molar-refractivity contribution in [2.24, 2.45) is 5.73 Å². The summed E-state index contributed by atoms with van der Waals surface area (Å²) in [5, 5.41) is 19.7. The molecule has 0 heterocycles. The van der Waals surface area contributed by atoms with Crippen molar-refractivity contribution in [3.05, 3.63) is 0 Å². The van der Waals surface area contributed by atoms with Crippen molar-refractivity contribution < 1.29 is 19.8 Å². The van der Waals surface area contributed by atoms with Gasteiger partial charge in [0.1, 0.15) is 0 Å². The monoisotopic (exact) mass is 218 g/mol. The van der Waals surface area contributed by atoms with Crippen LogP contribution in [0.5, 0.6) is 0 Å². The van der Waals surface area contributed by atoms with Gasteiger partial charge in [0.15, 0.2) is 6.10 Å². The summed E-state index contributed by atoms with van der Waals surface area (Å²) in [5.74, 6) is -1.60. The molecular formula is C9H18N2O4. The van der Waals surface area contributed by atoms with Crippen LogP contribution in [0.1, 0.15) is 26.2 Å². The summed E-state index contributed by atoms with van der Waals surface area (Å²) >= 11 is 0. The lowest BCUT2D eigenvalue weighted by molar-refractivity contribution is -0.147. The molecule has 1 amide bonds. The molecule has 0 radical (unpaired) electrons. The van der Waals surface area contributed by atoms with E-state index in [4.69, 9.17) is 15.9 Å². The fraction of sp³-hybridized carbons (Fsp3) is 0.778. The Labute approximate surface area is 88.5 Å². The molecule has 5 N–H and O–H groups in total. The van der Waals surface area contributed by atoms with Gasteiger partial charge in [0.25, 0.3) is 0 Å². The standard InChI is InChI=1S/C9H18N2O4/c1-2-3-6(10)8(13)11-5-4-7(12)9(14)15/h6-7,12H,2-5,10H2,1H3,(H,11,13)(H,14,15). The number of carbonyl (C=O) groups excluding carboxylic acids is 1. The summed E-state index contributed by atoms with van der Waals surface area (Å²) in [6.45, 7) is 2.03. The number of hydrogen-bond donors (Lipinski definition) is 4. The van der Waals surface area contributed by atoms with Crippen molar-refractivity contribution >= 4 is 11.9 Å². The Morgan fingerprint density at radius 1 is 1.40 bits per heavy atom. The Morgan fingerprint density at radius 2 is 2.00 bits per heavy atom. The van der Waals surface area contributed by atoms with Crippen LogP contribution in [0.3, 0.4) is 0 Å². The van der Waals surface area contributed by atoms with Gasteiger partial charge in [-0.3, -0.25) is 4.79 Å². The van der Waals surface area contributed by atoms with Gasteiger partial charge in [-0.2, -0.15) is 0 Å². The maximum absolute atomic E-state index is 11.2. The first kappa shape index (κ1) is 13.9. The highest BCUT2D eigenvalue weighted by atomic mass is 16.4. The molecule has 0 aromatic heterocycles. The number of carbonyl (C=O) groups is 2. The first-order chi connectivity index (χ1) is 6.99. The summed E-state index contributed by atoms with van der Waals surface area (Å²) in [4.78, 5) is 21.4. The molecule has 0 saturated heterocycles. The first-order valence-corrected chi connectivity index (χ1v) is 4.93. The van der Waals surface area contributed by atoms with Gasteiger partial charge >= 0.3 is 5.97 Å². The van der Waals surface area contributed by atoms with Crippen LogP contribution >= 0.6 is 0 Å². The van der Waals surface area contributed by atoms with Crippen molar-refractivity contribution in [1.82, 2.24) is 5.32 Å². The molecule has 88 valence electrons. The molecule has 2 unspecified atom stereocenters. The first-order valence-electron chi connectivity index (χ1n) is 4.93. The zero-order valence-corrected chi connectivity index (χ0v) is 8.77. The zero-order chi connectivity index (χ0) is 11.8. The van der Waals surface area contributed by atoms with Crippen LogP contribution in [-0.4, -0.2) is 40.8 Å². The van der Waals surface area contributed by atoms with E-state index in [1.165, 1.54) is 0 Å². The lowest BCUT2D eigenvalue weighted by Gasteiger charge is -2.11. The smallest absolute Gasteiger partial charge is 0.332 e. The van der Waals surface area contributed by atoms with Crippen molar-refractivity contribution in [1.29, 1.82) is 0 Å². The number of hydrogen-bond acceptors (Lipinski definition) is 4. The fourth-order valence-electron chi connectivity index (χ4n) is 1.03. The minimum Gasteiger partial charge on any atom is -0.479 e. The lowest BCUT2D eigenvalue weighted by Crippen LogP contribution is -2.41. The molecule has 0 rings (SSSR count). The van der Waals surface area contributed by atoms with Crippen LogP contribution < -0.4 is 11.1 Å². The second kappa shape index (κ2) is 7.19. The number of nitrogens with one attached hydrogen (secondary N) is 1. The fourth-order valence-corrected chi connectivity index (χ4v) is 1.03. The van der Waals surface area contributed by atoms with Crippen molar-refractivity contribution in [3.63, 3.8) is 0 Å². The molecule has 0 saturated carbocycles. The van der Waals surface area contributed by atoms with Gasteiger partial charge in [-0.05, 0) is 6.42 Å². The SMILES string of the molecule is CCCC(N)C(=O)NCCC(O)C(=O)O. The lowest BCUT2D eigenvalue weighted by atomic mass is 10.1. The molecule has 0 aromatic rings. The summed E-state index contributed by atoms with van der Waals surface area (Å²) in [6, 6.07) is -0.558. The number of rotatable bonds is 7. The number of aliphatic carboxylic acids is 1. The predicted octanol–water partition coefficient (Wildman–Crippen LogP) is -0.934. The Hall–Kier alpha value is -1.14. The summed E-state index contributed by atoms with van der Waals surface area (Å²) < 4.78 is 0. The van der Waals surface area contributed by atoms with Gasteiger partial charge in [0, 0.05) is 13.0 Å². The molecule has 0 aromatic carbocycles. The molecule has 0 aliphatic heterocycles. The molecule has 0 bridgehead atoms. The largest absolute Gasteiger partial charge is 0.479 e. The second-order valence-electron chi connectivity index (χ2n) is 3.33. The molecule has 0 spiro atoms. The van der Waals surface area contributed by atoms with E-state index in [2.05, 4.69) is 5.32 Å². The van der Waals surface area contributed by atoms with Gasteiger partial charge in [-0.1, -0.05) is 13.3 Å². The summed E-state index contributed by atoms with van der Waals surface area (Å²) in [7, 11) is 0. The van der Waals surface area contributed by atoms with Gasteiger partial charge in [0.2, 0.25) is 5.91 Å². The Bertz CT molecular complexity index is 220. The van der Waals surface area contributed by atoms with Gasteiger partial charge in [0.05, 0.1) is 6.04 Å². The normalized spacial score (nSPS) is 14.3. The third kappa shape index (κ3) is 6.03. The number of amides is 1. The van der Waals surface area contributed by atoms with Crippen LogP contribution in [0.25, 0.3) is 0 Å². The predicted molar refractivity (Wildman–Crippen MR) is 54.2 cm³/mol. The number of aliphatic hydroxyl groups is 1.